The molecule has 1 spiro atoms. The number of hydrogen-bond donors (Lipinski definition) is 1. The van der Waals surface area contributed by atoms with Crippen LogP contribution in [0, 0.1) is 68.5 Å². The summed E-state index contributed by atoms with van der Waals surface area (Å²) < 4.78 is 18.2. The van der Waals surface area contributed by atoms with Crippen molar-refractivity contribution in [3.63, 3.8) is 0 Å². The Morgan fingerprint density at radius 2 is 1.64 bits per heavy atom. The monoisotopic (exact) mass is 942 g/mol. The number of ketones is 1. The van der Waals surface area contributed by atoms with Gasteiger partial charge in [0.25, 0.3) is 0 Å². The van der Waals surface area contributed by atoms with Crippen molar-refractivity contribution in [2.45, 2.75) is 204 Å². The van der Waals surface area contributed by atoms with Crippen molar-refractivity contribution >= 4 is 36.1 Å². The molecule has 1 aromatic carbocycles. The minimum absolute atomic E-state index is 0.0265. The van der Waals surface area contributed by atoms with Crippen LogP contribution in [0.4, 0.5) is 0 Å². The van der Waals surface area contributed by atoms with Gasteiger partial charge >= 0.3 is 0 Å². The Morgan fingerprint density at radius 1 is 0.966 bits per heavy atom. The second kappa shape index (κ2) is 20.3. The number of nitrogens with one attached hydrogen (secondary N) is 1. The molecular formula is C53H84INO3S. The predicted octanol–water partition coefficient (Wildman–Crippen LogP) is 14.9. The fraction of sp³-hybridized carbons (Fsp3) is 0.792. The largest absolute Gasteiger partial charge is 0.376 e. The zero-order valence-electron chi connectivity index (χ0n) is 39.5. The molecule has 10 atom stereocenters. The first-order chi connectivity index (χ1) is 27.9. The molecular weight excluding hydrogens is 858 g/mol. The van der Waals surface area contributed by atoms with Gasteiger partial charge in [-0.2, -0.15) is 0 Å². The topological polar surface area (TPSA) is 47.6 Å². The van der Waals surface area contributed by atoms with Crippen LogP contribution >= 0.6 is 30.3 Å². The van der Waals surface area contributed by atoms with Crippen LogP contribution in [0.3, 0.4) is 0 Å². The summed E-state index contributed by atoms with van der Waals surface area (Å²) in [5.41, 5.74) is 3.70. The van der Waals surface area contributed by atoms with Crippen molar-refractivity contribution < 1.29 is 14.3 Å². The third-order valence-electron chi connectivity index (χ3n) is 17.3. The molecule has 6 rings (SSSR count). The molecule has 0 aromatic heterocycles. The molecule has 332 valence electrons. The van der Waals surface area contributed by atoms with E-state index in [1.165, 1.54) is 96.5 Å². The summed E-state index contributed by atoms with van der Waals surface area (Å²) in [6.45, 7) is 29.9. The number of rotatable bonds is 17. The first-order valence-corrected chi connectivity index (χ1v) is 27.3. The van der Waals surface area contributed by atoms with Gasteiger partial charge < -0.3 is 14.3 Å². The molecule has 6 heteroatoms. The van der Waals surface area contributed by atoms with E-state index in [-0.39, 0.29) is 50.6 Å². The Labute approximate surface area is 379 Å². The standard InChI is InChI=1S/C50H78INO2S.C3H6O/c1-11-38(7)32-45(8,43(12-2)54-35-50(52-55-51)27-17-14-18-28-50)42-23-22-40-41(47(42,10)37(5)6)24-29-49-26-19-25-48(34-49,31-30-46(40,49)9)44(36(3)4)53-33-39-20-15-13-16-21-39;1-3(2)4/h13,15-16,20-21,24,36-38,40,42-44,52H,11-12,14,17-18,22-23,25,27-35H2,1-10H3;1-2H3/t38?,40?,42?,43?,44-,45+,46?,47?,48+,49+;/m1./s1. The van der Waals surface area contributed by atoms with E-state index in [4.69, 9.17) is 9.47 Å². The van der Waals surface area contributed by atoms with E-state index in [1.807, 2.05) is 0 Å². The second-order valence-electron chi connectivity index (χ2n) is 21.8. The summed E-state index contributed by atoms with van der Waals surface area (Å²) in [5.74, 6) is 11.0. The molecule has 4 nitrogen and oxygen atoms in total. The van der Waals surface area contributed by atoms with Crippen LogP contribution in [0.1, 0.15) is 185 Å². The van der Waals surface area contributed by atoms with E-state index in [1.54, 1.807) is 14.7 Å². The first-order valence-electron chi connectivity index (χ1n) is 23.9. The van der Waals surface area contributed by atoms with E-state index in [9.17, 15) is 4.79 Å². The first kappa shape index (κ1) is 49.2. The van der Waals surface area contributed by atoms with Gasteiger partial charge in [-0.25, -0.2) is 4.72 Å². The van der Waals surface area contributed by atoms with E-state index < -0.39 is 0 Å². The fourth-order valence-electron chi connectivity index (χ4n) is 13.8. The zero-order chi connectivity index (χ0) is 43.3. The lowest BCUT2D eigenvalue weighted by molar-refractivity contribution is -0.166. The number of fused-ring (bicyclic) bond motifs is 3. The predicted molar refractivity (Wildman–Crippen MR) is 260 cm³/mol. The van der Waals surface area contributed by atoms with Crippen LogP contribution in [0.25, 0.3) is 0 Å². The minimum Gasteiger partial charge on any atom is -0.376 e. The molecule has 1 N–H and O–H groups in total. The van der Waals surface area contributed by atoms with Gasteiger partial charge in [0.05, 0.1) is 31.0 Å². The molecule has 0 heterocycles. The van der Waals surface area contributed by atoms with Crippen LogP contribution in [-0.4, -0.2) is 30.1 Å². The molecule has 0 amide bonds. The number of benzene rings is 1. The van der Waals surface area contributed by atoms with E-state index in [2.05, 4.69) is 143 Å². The normalized spacial score (nSPS) is 33.4. The van der Waals surface area contributed by atoms with Crippen LogP contribution in [0.5, 0.6) is 0 Å². The molecule has 0 aliphatic heterocycles. The van der Waals surface area contributed by atoms with Gasteiger partial charge in [-0.05, 0) is 139 Å². The Bertz CT molecular complexity index is 1620. The lowest BCUT2D eigenvalue weighted by atomic mass is 9.36. The second-order valence-corrected chi connectivity index (χ2v) is 23.5. The van der Waals surface area contributed by atoms with Crippen LogP contribution in [0.15, 0.2) is 42.0 Å². The molecule has 3 fully saturated rings. The van der Waals surface area contributed by atoms with Gasteiger partial charge in [-0.3, -0.25) is 0 Å². The summed E-state index contributed by atoms with van der Waals surface area (Å²) in [5, 5.41) is 0. The fourth-order valence-corrected chi connectivity index (χ4v) is 15.7. The van der Waals surface area contributed by atoms with Crippen molar-refractivity contribution in [1.29, 1.82) is 0 Å². The highest BCUT2D eigenvalue weighted by Gasteiger charge is 2.67. The minimum atomic E-state index is 0.0265. The molecule has 0 saturated heterocycles. The number of halogens is 1. The maximum absolute atomic E-state index is 9.44. The van der Waals surface area contributed by atoms with Gasteiger partial charge in [0.15, 0.2) is 0 Å². The SMILES string of the molecule is CC(C)=O.CCC(C)C[C@](C)(C(CC)OCC1(NSI)CCCCC1)C1CCC2C(=CC[C@]34C#CC[C@]([C@H](OCc5ccccc5)C(C)C)(CCC23C)C4)C1(C)C(C)C. The van der Waals surface area contributed by atoms with Crippen LogP contribution in [0.2, 0.25) is 0 Å². The van der Waals surface area contributed by atoms with Crippen molar-refractivity contribution in [3.8, 4) is 11.8 Å². The van der Waals surface area contributed by atoms with Crippen LogP contribution < -0.4 is 4.72 Å². The van der Waals surface area contributed by atoms with Crippen molar-refractivity contribution in [3.05, 3.63) is 47.5 Å². The number of hydrogen-bond acceptors (Lipinski definition) is 5. The molecule has 59 heavy (non-hydrogen) atoms. The highest BCUT2D eigenvalue weighted by molar-refractivity contribution is 14.2. The van der Waals surface area contributed by atoms with Crippen molar-refractivity contribution in [2.75, 3.05) is 6.61 Å². The zero-order valence-corrected chi connectivity index (χ0v) is 42.5. The summed E-state index contributed by atoms with van der Waals surface area (Å²) >= 11 is 2.43. The van der Waals surface area contributed by atoms with Crippen molar-refractivity contribution in [2.24, 2.45) is 56.7 Å². The molecule has 3 saturated carbocycles. The lowest BCUT2D eigenvalue weighted by Crippen LogP contribution is -2.62. The van der Waals surface area contributed by atoms with Crippen molar-refractivity contribution in [1.82, 2.24) is 4.72 Å². The molecule has 5 aliphatic rings. The van der Waals surface area contributed by atoms with Crippen LogP contribution in [-0.2, 0) is 20.9 Å². The third-order valence-corrected chi connectivity index (χ3v) is 18.4. The number of carbonyl (C=O) groups is 1. The highest BCUT2D eigenvalue weighted by atomic mass is 127. The Balaban J connectivity index is 0.00000158. The summed E-state index contributed by atoms with van der Waals surface area (Å²) in [6.07, 6.45) is 21.6. The number of ether oxygens (including phenoxy) is 2. The summed E-state index contributed by atoms with van der Waals surface area (Å²) in [7, 11) is 1.77. The smallest absolute Gasteiger partial charge is 0.126 e. The van der Waals surface area contributed by atoms with E-state index in [0.717, 1.165) is 25.9 Å². The maximum Gasteiger partial charge on any atom is 0.126 e. The summed E-state index contributed by atoms with van der Waals surface area (Å²) in [4.78, 5) is 9.44. The highest BCUT2D eigenvalue weighted by Crippen LogP contribution is 2.73. The third kappa shape index (κ3) is 9.95. The average Bonchev–Trinajstić information content (AvgIpc) is 3.19. The van der Waals surface area contributed by atoms with Gasteiger partial charge in [0.2, 0.25) is 0 Å². The Morgan fingerprint density at radius 3 is 2.24 bits per heavy atom. The summed E-state index contributed by atoms with van der Waals surface area (Å²) in [6, 6.07) is 10.8. The number of carbonyl (C=O) groups excluding carboxylic acids is 1. The Kier molecular flexibility index (Phi) is 16.9. The number of allylic oxidation sites excluding steroid dienone is 2. The van der Waals surface area contributed by atoms with E-state index in [0.29, 0.717) is 36.2 Å². The quantitative estimate of drug-likeness (QED) is 0.0730. The van der Waals surface area contributed by atoms with Gasteiger partial charge in [0.1, 0.15) is 5.78 Å². The molecule has 2 bridgehead atoms. The lowest BCUT2D eigenvalue weighted by Gasteiger charge is -2.68. The van der Waals surface area contributed by atoms with Gasteiger partial charge in [-0.15, -0.1) is 5.92 Å². The van der Waals surface area contributed by atoms with Gasteiger partial charge in [0, 0.05) is 38.5 Å². The molecule has 6 unspecified atom stereocenters. The molecule has 1 aromatic rings. The van der Waals surface area contributed by atoms with E-state index >= 15 is 0 Å². The average molecular weight is 942 g/mol. The molecule has 0 radical (unpaired) electrons. The van der Waals surface area contributed by atoms with Gasteiger partial charge in [-0.1, -0.05) is 143 Å². The Hall–Kier alpha value is -0.850. The number of Topliss-reactive ketones (excluding diaryl/α,β-unsaturated/α-hetero) is 1. The molecule has 5 aliphatic carbocycles. The maximum atomic E-state index is 9.44.